The van der Waals surface area contributed by atoms with Crippen LogP contribution in [0.5, 0.6) is 0 Å². The normalized spacial score (nSPS) is 26.6. The highest BCUT2D eigenvalue weighted by Crippen LogP contribution is 2.12. The Balaban J connectivity index is 1.85. The quantitative estimate of drug-likeness (QED) is 0.853. The van der Waals surface area contributed by atoms with Gasteiger partial charge in [-0.1, -0.05) is 13.8 Å². The van der Waals surface area contributed by atoms with Gasteiger partial charge in [0.25, 0.3) is 0 Å². The van der Waals surface area contributed by atoms with Crippen LogP contribution in [0.25, 0.3) is 0 Å². The molecule has 4 heteroatoms. The fourth-order valence-electron chi connectivity index (χ4n) is 2.37. The highest BCUT2D eigenvalue weighted by molar-refractivity contribution is 4.86. The SMILES string of the molecule is CC(C)C1CN(CCn2cccn2)C(C)CN1. The predicted octanol–water partition coefficient (Wildman–Crippen LogP) is 1.20. The summed E-state index contributed by atoms with van der Waals surface area (Å²) in [5.41, 5.74) is 0. The predicted molar refractivity (Wildman–Crippen MR) is 69.9 cm³/mol. The second-order valence-electron chi connectivity index (χ2n) is 5.37. The lowest BCUT2D eigenvalue weighted by atomic mass is 10.00. The third-order valence-electron chi connectivity index (χ3n) is 3.71. The zero-order chi connectivity index (χ0) is 12.3. The van der Waals surface area contributed by atoms with Gasteiger partial charge in [-0.2, -0.15) is 5.10 Å². The van der Waals surface area contributed by atoms with E-state index in [1.165, 1.54) is 0 Å². The van der Waals surface area contributed by atoms with Gasteiger partial charge in [-0.25, -0.2) is 0 Å². The minimum absolute atomic E-state index is 0.626. The van der Waals surface area contributed by atoms with Gasteiger partial charge in [-0.05, 0) is 18.9 Å². The Kier molecular flexibility index (Phi) is 4.18. The van der Waals surface area contributed by atoms with Crippen LogP contribution in [0.4, 0.5) is 0 Å². The van der Waals surface area contributed by atoms with Crippen LogP contribution in [0.3, 0.4) is 0 Å². The van der Waals surface area contributed by atoms with Crippen molar-refractivity contribution in [2.24, 2.45) is 5.92 Å². The van der Waals surface area contributed by atoms with Crippen molar-refractivity contribution < 1.29 is 0 Å². The van der Waals surface area contributed by atoms with Crippen molar-refractivity contribution in [2.45, 2.75) is 39.4 Å². The van der Waals surface area contributed by atoms with Gasteiger partial charge >= 0.3 is 0 Å². The van der Waals surface area contributed by atoms with E-state index in [1.54, 1.807) is 0 Å². The molecule has 0 radical (unpaired) electrons. The zero-order valence-electron chi connectivity index (χ0n) is 11.1. The van der Waals surface area contributed by atoms with E-state index in [2.05, 4.69) is 36.1 Å². The summed E-state index contributed by atoms with van der Waals surface area (Å²) in [6.45, 7) is 11.2. The first-order chi connectivity index (χ1) is 8.16. The van der Waals surface area contributed by atoms with Crippen LogP contribution < -0.4 is 5.32 Å². The maximum atomic E-state index is 4.25. The number of hydrogen-bond acceptors (Lipinski definition) is 3. The third-order valence-corrected chi connectivity index (χ3v) is 3.71. The summed E-state index contributed by atoms with van der Waals surface area (Å²) in [7, 11) is 0. The van der Waals surface area contributed by atoms with Crippen molar-refractivity contribution in [3.05, 3.63) is 18.5 Å². The molecule has 4 nitrogen and oxygen atoms in total. The molecule has 1 aliphatic rings. The lowest BCUT2D eigenvalue weighted by molar-refractivity contribution is 0.118. The lowest BCUT2D eigenvalue weighted by Gasteiger charge is -2.40. The molecule has 1 saturated heterocycles. The van der Waals surface area contributed by atoms with Crippen LogP contribution in [-0.2, 0) is 6.54 Å². The van der Waals surface area contributed by atoms with Crippen LogP contribution in [0, 0.1) is 5.92 Å². The van der Waals surface area contributed by atoms with E-state index in [9.17, 15) is 0 Å². The van der Waals surface area contributed by atoms with Gasteiger partial charge < -0.3 is 5.32 Å². The van der Waals surface area contributed by atoms with Crippen molar-refractivity contribution in [2.75, 3.05) is 19.6 Å². The smallest absolute Gasteiger partial charge is 0.0536 e. The van der Waals surface area contributed by atoms with E-state index in [4.69, 9.17) is 0 Å². The summed E-state index contributed by atoms with van der Waals surface area (Å²) in [5, 5.41) is 7.88. The number of nitrogens with zero attached hydrogens (tertiary/aromatic N) is 3. The number of aromatic nitrogens is 2. The van der Waals surface area contributed by atoms with Gasteiger partial charge in [0.2, 0.25) is 0 Å². The fourth-order valence-corrected chi connectivity index (χ4v) is 2.37. The Morgan fingerprint density at radius 3 is 2.88 bits per heavy atom. The Morgan fingerprint density at radius 1 is 1.41 bits per heavy atom. The lowest BCUT2D eigenvalue weighted by Crippen LogP contribution is -2.57. The molecule has 1 N–H and O–H groups in total. The number of piperazine rings is 1. The molecule has 2 rings (SSSR count). The summed E-state index contributed by atoms with van der Waals surface area (Å²) in [4.78, 5) is 2.57. The van der Waals surface area contributed by atoms with Crippen molar-refractivity contribution >= 4 is 0 Å². The maximum Gasteiger partial charge on any atom is 0.0536 e. The standard InChI is InChI=1S/C13H24N4/c1-11(2)13-10-16(12(3)9-14-13)7-8-17-6-4-5-15-17/h4-6,11-14H,7-10H2,1-3H3. The molecule has 2 heterocycles. The van der Waals surface area contributed by atoms with Gasteiger partial charge in [-0.3, -0.25) is 9.58 Å². The van der Waals surface area contributed by atoms with E-state index in [0.29, 0.717) is 18.0 Å². The first kappa shape index (κ1) is 12.6. The average molecular weight is 236 g/mol. The van der Waals surface area contributed by atoms with Gasteiger partial charge in [-0.15, -0.1) is 0 Å². The highest BCUT2D eigenvalue weighted by atomic mass is 15.3. The van der Waals surface area contributed by atoms with E-state index >= 15 is 0 Å². The Morgan fingerprint density at radius 2 is 2.24 bits per heavy atom. The van der Waals surface area contributed by atoms with Gasteiger partial charge in [0, 0.05) is 44.1 Å². The first-order valence-corrected chi connectivity index (χ1v) is 6.61. The third kappa shape index (κ3) is 3.30. The monoisotopic (exact) mass is 236 g/mol. The van der Waals surface area contributed by atoms with Crippen LogP contribution >= 0.6 is 0 Å². The molecule has 0 amide bonds. The second-order valence-corrected chi connectivity index (χ2v) is 5.37. The molecule has 0 spiro atoms. The molecular formula is C13H24N4. The van der Waals surface area contributed by atoms with Crippen LogP contribution in [0.1, 0.15) is 20.8 Å². The van der Waals surface area contributed by atoms with Gasteiger partial charge in [0.05, 0.1) is 6.54 Å². The Labute approximate surface area is 104 Å². The Hall–Kier alpha value is -0.870. The summed E-state index contributed by atoms with van der Waals surface area (Å²) in [5.74, 6) is 0.703. The number of nitrogens with one attached hydrogen (secondary N) is 1. The molecule has 1 aromatic heterocycles. The molecule has 2 unspecified atom stereocenters. The summed E-state index contributed by atoms with van der Waals surface area (Å²) < 4.78 is 2.01. The minimum atomic E-state index is 0.626. The van der Waals surface area contributed by atoms with E-state index in [-0.39, 0.29) is 0 Å². The largest absolute Gasteiger partial charge is 0.311 e. The fraction of sp³-hybridized carbons (Fsp3) is 0.769. The van der Waals surface area contributed by atoms with Crippen molar-refractivity contribution in [3.63, 3.8) is 0 Å². The molecule has 96 valence electrons. The summed E-state index contributed by atoms with van der Waals surface area (Å²) >= 11 is 0. The maximum absolute atomic E-state index is 4.25. The van der Waals surface area contributed by atoms with Crippen molar-refractivity contribution in [3.8, 4) is 0 Å². The van der Waals surface area contributed by atoms with E-state index < -0.39 is 0 Å². The number of rotatable bonds is 4. The molecule has 1 aromatic rings. The zero-order valence-corrected chi connectivity index (χ0v) is 11.1. The number of hydrogen-bond donors (Lipinski definition) is 1. The topological polar surface area (TPSA) is 33.1 Å². The average Bonchev–Trinajstić information content (AvgIpc) is 2.80. The molecule has 0 bridgehead atoms. The van der Waals surface area contributed by atoms with Crippen LogP contribution in [0.2, 0.25) is 0 Å². The Bertz CT molecular complexity index is 320. The molecule has 2 atom stereocenters. The van der Waals surface area contributed by atoms with E-state index in [0.717, 1.165) is 26.2 Å². The second kappa shape index (κ2) is 5.65. The van der Waals surface area contributed by atoms with Crippen LogP contribution in [0.15, 0.2) is 18.5 Å². The van der Waals surface area contributed by atoms with Crippen LogP contribution in [-0.4, -0.2) is 46.4 Å². The van der Waals surface area contributed by atoms with Crippen molar-refractivity contribution in [1.29, 1.82) is 0 Å². The van der Waals surface area contributed by atoms with Gasteiger partial charge in [0.1, 0.15) is 0 Å². The first-order valence-electron chi connectivity index (χ1n) is 6.61. The molecule has 0 aliphatic carbocycles. The minimum Gasteiger partial charge on any atom is -0.311 e. The molecule has 1 aliphatic heterocycles. The molecule has 17 heavy (non-hydrogen) atoms. The van der Waals surface area contributed by atoms with Gasteiger partial charge in [0.15, 0.2) is 0 Å². The summed E-state index contributed by atoms with van der Waals surface area (Å²) in [6, 6.07) is 3.24. The molecular weight excluding hydrogens is 212 g/mol. The van der Waals surface area contributed by atoms with E-state index in [1.807, 2.05) is 23.1 Å². The highest BCUT2D eigenvalue weighted by Gasteiger charge is 2.26. The summed E-state index contributed by atoms with van der Waals surface area (Å²) in [6.07, 6.45) is 3.88. The molecule has 0 saturated carbocycles. The molecule has 1 fully saturated rings. The van der Waals surface area contributed by atoms with Crippen molar-refractivity contribution in [1.82, 2.24) is 20.0 Å². The molecule has 0 aromatic carbocycles.